The smallest absolute Gasteiger partial charge is 0.252 e. The van der Waals surface area contributed by atoms with Crippen molar-refractivity contribution in [2.45, 2.75) is 56.7 Å². The van der Waals surface area contributed by atoms with Crippen LogP contribution in [0.2, 0.25) is 5.02 Å². The maximum atomic E-state index is 14.5. The molecule has 1 aromatic heterocycles. The molecule has 1 aliphatic carbocycles. The number of anilines is 2. The number of aryl methyl sites for hydroxylation is 1. The molecule has 1 N–H and O–H groups in total. The Morgan fingerprint density at radius 2 is 1.88 bits per heavy atom. The Morgan fingerprint density at radius 1 is 1.12 bits per heavy atom. The van der Waals surface area contributed by atoms with Gasteiger partial charge in [-0.05, 0) is 55.3 Å². The fourth-order valence-electron chi connectivity index (χ4n) is 5.18. The number of amides is 3. The minimum atomic E-state index is -2.89. The Kier molecular flexibility index (Phi) is 7.55. The highest BCUT2D eigenvalue weighted by molar-refractivity contribution is 6.31. The summed E-state index contributed by atoms with van der Waals surface area (Å²) in [4.78, 5) is 47.9. The van der Waals surface area contributed by atoms with Crippen LogP contribution in [0.5, 0.6) is 0 Å². The minimum absolute atomic E-state index is 0.0421. The molecule has 1 aliphatic heterocycles. The van der Waals surface area contributed by atoms with E-state index in [9.17, 15) is 27.6 Å². The van der Waals surface area contributed by atoms with Gasteiger partial charge in [0.25, 0.3) is 11.8 Å². The summed E-state index contributed by atoms with van der Waals surface area (Å²) >= 11 is 6.50. The zero-order chi connectivity index (χ0) is 28.6. The van der Waals surface area contributed by atoms with Crippen LogP contribution in [0, 0.1) is 12.7 Å². The van der Waals surface area contributed by atoms with Gasteiger partial charge in [0.05, 0.1) is 0 Å². The van der Waals surface area contributed by atoms with Crippen molar-refractivity contribution in [2.75, 3.05) is 9.80 Å². The fourth-order valence-corrected chi connectivity index (χ4v) is 5.42. The van der Waals surface area contributed by atoms with Crippen molar-refractivity contribution in [1.82, 2.24) is 10.3 Å². The molecule has 1 saturated heterocycles. The van der Waals surface area contributed by atoms with Gasteiger partial charge in [0, 0.05) is 47.8 Å². The third kappa shape index (κ3) is 5.54. The molecular formula is C29H26ClF3N4O3. The molecule has 2 aliphatic rings. The zero-order valence-corrected chi connectivity index (χ0v) is 22.2. The lowest BCUT2D eigenvalue weighted by molar-refractivity contribution is -0.133. The largest absolute Gasteiger partial charge is 0.351 e. The van der Waals surface area contributed by atoms with Gasteiger partial charge < -0.3 is 5.32 Å². The first-order valence-corrected chi connectivity index (χ1v) is 13.2. The zero-order valence-electron chi connectivity index (χ0n) is 21.5. The normalized spacial score (nSPS) is 19.2. The molecule has 2 unspecified atom stereocenters. The molecule has 0 radical (unpaired) electrons. The molecule has 2 atom stereocenters. The van der Waals surface area contributed by atoms with Crippen molar-refractivity contribution in [2.24, 2.45) is 0 Å². The first kappa shape index (κ1) is 27.6. The number of hydrogen-bond donors (Lipinski definition) is 1. The van der Waals surface area contributed by atoms with E-state index in [0.717, 1.165) is 16.5 Å². The van der Waals surface area contributed by atoms with Gasteiger partial charge in [-0.3, -0.25) is 24.2 Å². The van der Waals surface area contributed by atoms with E-state index < -0.39 is 54.5 Å². The van der Waals surface area contributed by atoms with Crippen LogP contribution in [0.4, 0.5) is 24.7 Å². The summed E-state index contributed by atoms with van der Waals surface area (Å²) in [5.74, 6) is -5.02. The monoisotopic (exact) mass is 570 g/mol. The number of pyridine rings is 1. The van der Waals surface area contributed by atoms with Crippen LogP contribution in [0.15, 0.2) is 66.9 Å². The van der Waals surface area contributed by atoms with E-state index in [2.05, 4.69) is 10.3 Å². The summed E-state index contributed by atoms with van der Waals surface area (Å²) in [6, 6.07) is 11.6. The van der Waals surface area contributed by atoms with Gasteiger partial charge in [0.15, 0.2) is 0 Å². The van der Waals surface area contributed by atoms with Crippen LogP contribution in [0.25, 0.3) is 0 Å². The maximum absolute atomic E-state index is 14.5. The van der Waals surface area contributed by atoms with Crippen LogP contribution in [0.1, 0.15) is 42.9 Å². The van der Waals surface area contributed by atoms with Gasteiger partial charge >= 0.3 is 0 Å². The second kappa shape index (κ2) is 10.9. The Morgan fingerprint density at radius 3 is 2.55 bits per heavy atom. The van der Waals surface area contributed by atoms with E-state index in [1.54, 1.807) is 30.3 Å². The van der Waals surface area contributed by atoms with Crippen LogP contribution in [-0.2, 0) is 14.4 Å². The SMILES string of the molecule is Cc1ccnc(N2C(=O)CCC2C(=O)N(c2cccc(F)c2)C(C(=O)NC2CC(F)(F)C2)c2ccccc2Cl)c1. The van der Waals surface area contributed by atoms with Crippen LogP contribution >= 0.6 is 11.6 Å². The molecule has 3 amide bonds. The molecule has 1 saturated carbocycles. The van der Waals surface area contributed by atoms with Gasteiger partial charge in [-0.2, -0.15) is 0 Å². The first-order valence-electron chi connectivity index (χ1n) is 12.8. The quantitative estimate of drug-likeness (QED) is 0.414. The Hall–Kier alpha value is -3.92. The molecule has 2 heterocycles. The van der Waals surface area contributed by atoms with E-state index in [-0.39, 0.29) is 40.8 Å². The van der Waals surface area contributed by atoms with Crippen molar-refractivity contribution in [3.63, 3.8) is 0 Å². The average Bonchev–Trinajstić information content (AvgIpc) is 3.27. The van der Waals surface area contributed by atoms with Crippen molar-refractivity contribution in [1.29, 1.82) is 0 Å². The van der Waals surface area contributed by atoms with Gasteiger partial charge in [0.1, 0.15) is 23.7 Å². The first-order chi connectivity index (χ1) is 19.0. The average molecular weight is 571 g/mol. The number of nitrogens with zero attached hydrogens (tertiary/aromatic N) is 3. The molecule has 0 bridgehead atoms. The van der Waals surface area contributed by atoms with Gasteiger partial charge in [-0.15, -0.1) is 0 Å². The van der Waals surface area contributed by atoms with Gasteiger partial charge in [0.2, 0.25) is 11.8 Å². The lowest BCUT2D eigenvalue weighted by Crippen LogP contribution is -2.56. The topological polar surface area (TPSA) is 82.6 Å². The molecule has 0 spiro atoms. The molecule has 40 heavy (non-hydrogen) atoms. The van der Waals surface area contributed by atoms with Crippen molar-refractivity contribution in [3.8, 4) is 0 Å². The van der Waals surface area contributed by atoms with Gasteiger partial charge in [-0.25, -0.2) is 18.2 Å². The summed E-state index contributed by atoms with van der Waals surface area (Å²) < 4.78 is 41.6. The molecule has 3 aromatic rings. The molecule has 5 rings (SSSR count). The molecule has 2 aromatic carbocycles. The predicted molar refractivity (Wildman–Crippen MR) is 144 cm³/mol. The summed E-state index contributed by atoms with van der Waals surface area (Å²) in [6.45, 7) is 1.82. The van der Waals surface area contributed by atoms with E-state index in [4.69, 9.17) is 11.6 Å². The second-order valence-corrected chi connectivity index (χ2v) is 10.5. The number of rotatable bonds is 7. The number of carbonyl (C=O) groups is 3. The summed E-state index contributed by atoms with van der Waals surface area (Å²) in [5, 5.41) is 2.76. The summed E-state index contributed by atoms with van der Waals surface area (Å²) in [5.41, 5.74) is 1.08. The van der Waals surface area contributed by atoms with Crippen molar-refractivity contribution >= 4 is 40.8 Å². The number of halogens is 4. The summed E-state index contributed by atoms with van der Waals surface area (Å²) in [6.07, 6.45) is 0.641. The number of carbonyl (C=O) groups excluding carboxylic acids is 3. The predicted octanol–water partition coefficient (Wildman–Crippen LogP) is 5.37. The standard InChI is InChI=1S/C29H26ClF3N4O3/c1-17-11-12-34-24(13-17)37-23(9-10-25(37)38)28(40)36(20-6-4-5-18(31)14-20)26(21-7-2-3-8-22(21)30)27(39)35-19-15-29(32,33)16-19/h2-8,11-14,19,23,26H,9-10,15-16H2,1H3,(H,35,39). The van der Waals surface area contributed by atoms with Crippen molar-refractivity contribution in [3.05, 3.63) is 88.8 Å². The number of benzene rings is 2. The second-order valence-electron chi connectivity index (χ2n) is 10.1. The minimum Gasteiger partial charge on any atom is -0.351 e. The molecular weight excluding hydrogens is 545 g/mol. The van der Waals surface area contributed by atoms with Crippen LogP contribution in [-0.4, -0.2) is 40.7 Å². The van der Waals surface area contributed by atoms with E-state index in [0.29, 0.717) is 0 Å². The van der Waals surface area contributed by atoms with E-state index in [1.165, 1.54) is 35.4 Å². The lowest BCUT2D eigenvalue weighted by atomic mass is 9.87. The number of aromatic nitrogens is 1. The summed E-state index contributed by atoms with van der Waals surface area (Å²) in [7, 11) is 0. The molecule has 11 heteroatoms. The Bertz CT molecular complexity index is 1460. The van der Waals surface area contributed by atoms with Crippen LogP contribution in [0.3, 0.4) is 0 Å². The molecule has 2 fully saturated rings. The highest BCUT2D eigenvalue weighted by atomic mass is 35.5. The van der Waals surface area contributed by atoms with Gasteiger partial charge in [-0.1, -0.05) is 35.9 Å². The Labute approximate surface area is 233 Å². The van der Waals surface area contributed by atoms with E-state index >= 15 is 0 Å². The van der Waals surface area contributed by atoms with E-state index in [1.807, 2.05) is 6.92 Å². The highest BCUT2D eigenvalue weighted by Gasteiger charge is 2.48. The highest BCUT2D eigenvalue weighted by Crippen LogP contribution is 2.39. The fraction of sp³-hybridized carbons (Fsp3) is 0.310. The third-order valence-electron chi connectivity index (χ3n) is 7.11. The number of nitrogens with one attached hydrogen (secondary N) is 1. The maximum Gasteiger partial charge on any atom is 0.252 e. The third-order valence-corrected chi connectivity index (χ3v) is 7.46. The molecule has 208 valence electrons. The van der Waals surface area contributed by atoms with Crippen LogP contribution < -0.4 is 15.1 Å². The van der Waals surface area contributed by atoms with Crippen molar-refractivity contribution < 1.29 is 27.6 Å². The lowest BCUT2D eigenvalue weighted by Gasteiger charge is -2.39. The number of alkyl halides is 2. The Balaban J connectivity index is 1.60. The number of hydrogen-bond acceptors (Lipinski definition) is 4. The molecule has 7 nitrogen and oxygen atoms in total.